The van der Waals surface area contributed by atoms with Gasteiger partial charge < -0.3 is 10.1 Å². The Morgan fingerprint density at radius 3 is 2.62 bits per heavy atom. The summed E-state index contributed by atoms with van der Waals surface area (Å²) in [5, 5.41) is 8.41. The number of ketones is 1. The van der Waals surface area contributed by atoms with Gasteiger partial charge in [-0.15, -0.1) is 0 Å². The summed E-state index contributed by atoms with van der Waals surface area (Å²) < 4.78 is 0. The number of H-pyrrole nitrogens is 1. The number of carbonyl (C=O) groups is 2. The van der Waals surface area contributed by atoms with Gasteiger partial charge in [-0.3, -0.25) is 9.59 Å². The highest BCUT2D eigenvalue weighted by Gasteiger charge is 2.04. The fraction of sp³-hybridized carbons (Fsp3) is 0.545. The molecule has 0 aromatic carbocycles. The molecule has 5 heteroatoms. The highest BCUT2D eigenvalue weighted by Crippen LogP contribution is 2.05. The number of hydrogen-bond donors (Lipinski definition) is 2. The van der Waals surface area contributed by atoms with Crippen LogP contribution in [0.1, 0.15) is 37.8 Å². The van der Waals surface area contributed by atoms with E-state index in [0.717, 1.165) is 5.69 Å². The van der Waals surface area contributed by atoms with E-state index in [-0.39, 0.29) is 12.2 Å². The minimum atomic E-state index is -0.801. The monoisotopic (exact) mass is 224 g/mol. The lowest BCUT2D eigenvalue weighted by molar-refractivity contribution is -0.137. The SMILES string of the molecule is O=C(O)CCCCC(=O)CCc1cnc[nH]1. The van der Waals surface area contributed by atoms with Crippen LogP contribution in [0.4, 0.5) is 0 Å². The van der Waals surface area contributed by atoms with Crippen molar-refractivity contribution < 1.29 is 14.7 Å². The second-order valence-electron chi connectivity index (χ2n) is 3.72. The van der Waals surface area contributed by atoms with Crippen molar-refractivity contribution in [3.63, 3.8) is 0 Å². The lowest BCUT2D eigenvalue weighted by atomic mass is 10.1. The number of carboxylic acids is 1. The molecule has 16 heavy (non-hydrogen) atoms. The van der Waals surface area contributed by atoms with Gasteiger partial charge in [0.2, 0.25) is 0 Å². The maximum atomic E-state index is 11.4. The Morgan fingerprint density at radius 2 is 2.00 bits per heavy atom. The maximum Gasteiger partial charge on any atom is 0.303 e. The van der Waals surface area contributed by atoms with Crippen molar-refractivity contribution in [1.82, 2.24) is 9.97 Å². The Balaban J connectivity index is 2.05. The zero-order chi connectivity index (χ0) is 11.8. The molecule has 88 valence electrons. The molecule has 0 fully saturated rings. The Kier molecular flexibility index (Phi) is 5.25. The Morgan fingerprint density at radius 1 is 1.25 bits per heavy atom. The van der Waals surface area contributed by atoms with Crippen LogP contribution >= 0.6 is 0 Å². The van der Waals surface area contributed by atoms with Gasteiger partial charge in [0.1, 0.15) is 5.78 Å². The summed E-state index contributed by atoms with van der Waals surface area (Å²) in [7, 11) is 0. The molecule has 5 nitrogen and oxygen atoms in total. The average molecular weight is 224 g/mol. The smallest absolute Gasteiger partial charge is 0.303 e. The van der Waals surface area contributed by atoms with Gasteiger partial charge in [0.25, 0.3) is 0 Å². The van der Waals surface area contributed by atoms with E-state index in [1.54, 1.807) is 12.5 Å². The lowest BCUT2D eigenvalue weighted by Gasteiger charge is -1.99. The van der Waals surface area contributed by atoms with E-state index in [9.17, 15) is 9.59 Å². The molecule has 0 aliphatic carbocycles. The summed E-state index contributed by atoms with van der Waals surface area (Å²) in [4.78, 5) is 28.4. The van der Waals surface area contributed by atoms with E-state index in [4.69, 9.17) is 5.11 Å². The van der Waals surface area contributed by atoms with E-state index in [0.29, 0.717) is 32.1 Å². The molecule has 0 unspecified atom stereocenters. The van der Waals surface area contributed by atoms with Crippen LogP contribution < -0.4 is 0 Å². The van der Waals surface area contributed by atoms with E-state index in [1.165, 1.54) is 0 Å². The van der Waals surface area contributed by atoms with Gasteiger partial charge in [0.05, 0.1) is 6.33 Å². The number of aryl methyl sites for hydroxylation is 1. The van der Waals surface area contributed by atoms with Gasteiger partial charge in [0, 0.05) is 31.2 Å². The first-order chi connectivity index (χ1) is 7.68. The minimum Gasteiger partial charge on any atom is -0.481 e. The van der Waals surface area contributed by atoms with Crippen LogP contribution in [0.15, 0.2) is 12.5 Å². The molecule has 1 rings (SSSR count). The van der Waals surface area contributed by atoms with Crippen molar-refractivity contribution in [3.05, 3.63) is 18.2 Å². The van der Waals surface area contributed by atoms with Crippen molar-refractivity contribution in [2.75, 3.05) is 0 Å². The predicted molar refractivity (Wildman–Crippen MR) is 58.0 cm³/mol. The van der Waals surface area contributed by atoms with Gasteiger partial charge in [-0.25, -0.2) is 4.98 Å². The van der Waals surface area contributed by atoms with Crippen LogP contribution in [-0.4, -0.2) is 26.8 Å². The first kappa shape index (κ1) is 12.4. The molecule has 0 bridgehead atoms. The van der Waals surface area contributed by atoms with E-state index >= 15 is 0 Å². The number of rotatable bonds is 8. The van der Waals surface area contributed by atoms with Crippen LogP contribution in [-0.2, 0) is 16.0 Å². The predicted octanol–water partition coefficient (Wildman–Crippen LogP) is 1.56. The van der Waals surface area contributed by atoms with Gasteiger partial charge in [-0.1, -0.05) is 0 Å². The Bertz CT molecular complexity index is 333. The first-order valence-electron chi connectivity index (χ1n) is 5.39. The minimum absolute atomic E-state index is 0.147. The molecule has 0 aliphatic heterocycles. The molecule has 0 amide bonds. The Hall–Kier alpha value is -1.65. The van der Waals surface area contributed by atoms with Crippen LogP contribution in [0, 0.1) is 0 Å². The second-order valence-corrected chi connectivity index (χ2v) is 3.72. The van der Waals surface area contributed by atoms with Gasteiger partial charge in [-0.2, -0.15) is 0 Å². The van der Waals surface area contributed by atoms with E-state index in [1.807, 2.05) is 0 Å². The molecular weight excluding hydrogens is 208 g/mol. The Labute approximate surface area is 93.9 Å². The fourth-order valence-electron chi connectivity index (χ4n) is 1.42. The summed E-state index contributed by atoms with van der Waals surface area (Å²) in [6.07, 6.45) is 6.33. The summed E-state index contributed by atoms with van der Waals surface area (Å²) in [6.45, 7) is 0. The molecular formula is C11H16N2O3. The number of aromatic nitrogens is 2. The van der Waals surface area contributed by atoms with Crippen LogP contribution in [0.25, 0.3) is 0 Å². The average Bonchev–Trinajstić information content (AvgIpc) is 2.74. The lowest BCUT2D eigenvalue weighted by Crippen LogP contribution is -2.01. The van der Waals surface area contributed by atoms with Gasteiger partial charge in [0.15, 0.2) is 0 Å². The van der Waals surface area contributed by atoms with Crippen molar-refractivity contribution in [2.45, 2.75) is 38.5 Å². The zero-order valence-corrected chi connectivity index (χ0v) is 9.11. The van der Waals surface area contributed by atoms with Crippen LogP contribution in [0.3, 0.4) is 0 Å². The summed E-state index contributed by atoms with van der Waals surface area (Å²) in [5.41, 5.74) is 0.957. The summed E-state index contributed by atoms with van der Waals surface area (Å²) in [6, 6.07) is 0. The topological polar surface area (TPSA) is 83.0 Å². The molecule has 0 radical (unpaired) electrons. The normalized spacial score (nSPS) is 10.2. The standard InChI is InChI=1S/C11H16N2O3/c14-10(3-1-2-4-11(15)16)6-5-9-7-12-8-13-9/h7-8H,1-6H2,(H,12,13)(H,15,16). The van der Waals surface area contributed by atoms with Crippen molar-refractivity contribution in [1.29, 1.82) is 0 Å². The molecule has 1 aromatic rings. The second kappa shape index (κ2) is 6.76. The molecule has 0 atom stereocenters. The first-order valence-corrected chi connectivity index (χ1v) is 5.39. The molecule has 0 aliphatic rings. The van der Waals surface area contributed by atoms with Gasteiger partial charge >= 0.3 is 5.97 Å². The number of aromatic amines is 1. The summed E-state index contributed by atoms with van der Waals surface area (Å²) in [5.74, 6) is -0.620. The largest absolute Gasteiger partial charge is 0.481 e. The number of aliphatic carboxylic acids is 1. The number of Topliss-reactive ketones (excluding diaryl/α,β-unsaturated/α-hetero) is 1. The van der Waals surface area contributed by atoms with Crippen LogP contribution in [0.2, 0.25) is 0 Å². The molecule has 0 spiro atoms. The highest BCUT2D eigenvalue weighted by molar-refractivity contribution is 5.78. The zero-order valence-electron chi connectivity index (χ0n) is 9.11. The molecule has 0 saturated carbocycles. The highest BCUT2D eigenvalue weighted by atomic mass is 16.4. The number of hydrogen-bond acceptors (Lipinski definition) is 3. The van der Waals surface area contributed by atoms with Crippen molar-refractivity contribution >= 4 is 11.8 Å². The number of carboxylic acid groups (broad SMARTS) is 1. The molecule has 1 heterocycles. The van der Waals surface area contributed by atoms with Crippen LogP contribution in [0.5, 0.6) is 0 Å². The maximum absolute atomic E-state index is 11.4. The van der Waals surface area contributed by atoms with E-state index < -0.39 is 5.97 Å². The van der Waals surface area contributed by atoms with Gasteiger partial charge in [-0.05, 0) is 19.3 Å². The fourth-order valence-corrected chi connectivity index (χ4v) is 1.42. The number of imidazole rings is 1. The van der Waals surface area contributed by atoms with Crippen molar-refractivity contribution in [2.24, 2.45) is 0 Å². The third kappa shape index (κ3) is 5.29. The molecule has 1 aromatic heterocycles. The number of nitrogens with one attached hydrogen (secondary N) is 1. The molecule has 0 saturated heterocycles. The third-order valence-corrected chi connectivity index (χ3v) is 2.32. The number of unbranched alkanes of at least 4 members (excludes halogenated alkanes) is 1. The number of nitrogens with zero attached hydrogens (tertiary/aromatic N) is 1. The quantitative estimate of drug-likeness (QED) is 0.656. The summed E-state index contributed by atoms with van der Waals surface area (Å²) >= 11 is 0. The van der Waals surface area contributed by atoms with Crippen molar-refractivity contribution in [3.8, 4) is 0 Å². The number of carbonyl (C=O) groups excluding carboxylic acids is 1. The van der Waals surface area contributed by atoms with E-state index in [2.05, 4.69) is 9.97 Å². The third-order valence-electron chi connectivity index (χ3n) is 2.32. The molecule has 2 N–H and O–H groups in total.